The molecule has 0 bridgehead atoms. The van der Waals surface area contributed by atoms with Gasteiger partial charge in [-0.15, -0.1) is 0 Å². The molecule has 9 nitrogen and oxygen atoms in total. The lowest BCUT2D eigenvalue weighted by Crippen LogP contribution is -2.31. The van der Waals surface area contributed by atoms with Crippen LogP contribution in [-0.4, -0.2) is 33.2 Å². The number of carbonyl (C=O) groups is 1. The smallest absolute Gasteiger partial charge is 0.255 e. The third-order valence-electron chi connectivity index (χ3n) is 6.14. The largest absolute Gasteiger partial charge is 0.493 e. The molecule has 1 amide bonds. The van der Waals surface area contributed by atoms with Crippen molar-refractivity contribution < 1.29 is 14.3 Å². The zero-order chi connectivity index (χ0) is 26.8. The standard InChI is InChI=1S/C27H24Cl2N6O3/c1-15-5-4-6-20(11-15)31-26(36)24-16(2)30-27-32-33-34-35(27)25(24)17-8-10-22(23(12-17)37-3)38-14-18-7-9-19(28)13-21(18)29/h4-13,25H,14H2,1-3H3,(H,31,36)(H,30,32,34). The zero-order valence-electron chi connectivity index (χ0n) is 20.8. The Kier molecular flexibility index (Phi) is 7.22. The molecule has 0 radical (unpaired) electrons. The second kappa shape index (κ2) is 10.7. The lowest BCUT2D eigenvalue weighted by molar-refractivity contribution is -0.113. The van der Waals surface area contributed by atoms with Gasteiger partial charge in [-0.25, -0.2) is 0 Å². The highest BCUT2D eigenvalue weighted by Gasteiger charge is 2.34. The van der Waals surface area contributed by atoms with Crippen molar-refractivity contribution in [2.75, 3.05) is 17.7 Å². The molecule has 2 N–H and O–H groups in total. The van der Waals surface area contributed by atoms with E-state index < -0.39 is 6.04 Å². The molecular weight excluding hydrogens is 527 g/mol. The molecule has 1 unspecified atom stereocenters. The van der Waals surface area contributed by atoms with E-state index in [2.05, 4.69) is 26.2 Å². The van der Waals surface area contributed by atoms with Crippen LogP contribution in [0.15, 0.2) is 71.9 Å². The number of nitrogens with one attached hydrogen (secondary N) is 2. The van der Waals surface area contributed by atoms with E-state index in [1.165, 1.54) is 0 Å². The summed E-state index contributed by atoms with van der Waals surface area (Å²) in [4.78, 5) is 13.6. The Labute approximate surface area is 229 Å². The van der Waals surface area contributed by atoms with Crippen molar-refractivity contribution in [2.24, 2.45) is 0 Å². The number of halogens is 2. The Morgan fingerprint density at radius 3 is 2.68 bits per heavy atom. The van der Waals surface area contributed by atoms with Gasteiger partial charge in [0.1, 0.15) is 12.6 Å². The van der Waals surface area contributed by atoms with Crippen LogP contribution in [0, 0.1) is 6.92 Å². The highest BCUT2D eigenvalue weighted by molar-refractivity contribution is 6.35. The van der Waals surface area contributed by atoms with E-state index in [1.54, 1.807) is 30.0 Å². The highest BCUT2D eigenvalue weighted by atomic mass is 35.5. The molecular formula is C27H24Cl2N6O3. The number of carbonyl (C=O) groups excluding carboxylic acids is 1. The van der Waals surface area contributed by atoms with E-state index in [0.717, 1.165) is 16.7 Å². The number of allylic oxidation sites excluding steroid dienone is 1. The third kappa shape index (κ3) is 5.16. The average molecular weight is 551 g/mol. The summed E-state index contributed by atoms with van der Waals surface area (Å²) < 4.78 is 13.2. The Bertz CT molecular complexity index is 1550. The predicted molar refractivity (Wildman–Crippen MR) is 146 cm³/mol. The number of nitrogens with zero attached hydrogens (tertiary/aromatic N) is 4. The molecule has 3 aromatic carbocycles. The topological polar surface area (TPSA) is 103 Å². The zero-order valence-corrected chi connectivity index (χ0v) is 22.3. The first-order valence-corrected chi connectivity index (χ1v) is 12.5. The van der Waals surface area contributed by atoms with Crippen molar-refractivity contribution >= 4 is 40.7 Å². The normalized spacial score (nSPS) is 14.5. The van der Waals surface area contributed by atoms with Gasteiger partial charge in [0.2, 0.25) is 5.95 Å². The molecule has 5 rings (SSSR count). The fourth-order valence-electron chi connectivity index (χ4n) is 4.30. The van der Waals surface area contributed by atoms with E-state index in [1.807, 2.05) is 56.3 Å². The molecule has 38 heavy (non-hydrogen) atoms. The van der Waals surface area contributed by atoms with Gasteiger partial charge in [-0.2, -0.15) is 4.68 Å². The maximum atomic E-state index is 13.6. The third-order valence-corrected chi connectivity index (χ3v) is 6.72. The van der Waals surface area contributed by atoms with Gasteiger partial charge in [-0.1, -0.05) is 52.6 Å². The average Bonchev–Trinajstić information content (AvgIpc) is 3.35. The molecule has 1 atom stereocenters. The number of ether oxygens (including phenoxy) is 2. The van der Waals surface area contributed by atoms with Gasteiger partial charge in [-0.05, 0) is 71.8 Å². The van der Waals surface area contributed by atoms with Crippen LogP contribution >= 0.6 is 23.2 Å². The van der Waals surface area contributed by atoms with E-state index in [9.17, 15) is 4.79 Å². The van der Waals surface area contributed by atoms with Gasteiger partial charge in [0.15, 0.2) is 11.5 Å². The lowest BCUT2D eigenvalue weighted by Gasteiger charge is -2.28. The fourth-order valence-corrected chi connectivity index (χ4v) is 4.77. The van der Waals surface area contributed by atoms with E-state index >= 15 is 0 Å². The highest BCUT2D eigenvalue weighted by Crippen LogP contribution is 2.39. The Morgan fingerprint density at radius 2 is 1.92 bits per heavy atom. The van der Waals surface area contributed by atoms with Gasteiger partial charge < -0.3 is 20.1 Å². The van der Waals surface area contributed by atoms with Crippen LogP contribution in [-0.2, 0) is 11.4 Å². The number of methoxy groups -OCH3 is 1. The minimum absolute atomic E-state index is 0.222. The fraction of sp³-hybridized carbons (Fsp3) is 0.185. The van der Waals surface area contributed by atoms with Crippen molar-refractivity contribution in [3.05, 3.63) is 98.7 Å². The number of aryl methyl sites for hydroxylation is 1. The van der Waals surface area contributed by atoms with Crippen molar-refractivity contribution in [1.82, 2.24) is 20.2 Å². The van der Waals surface area contributed by atoms with Crippen molar-refractivity contribution in [3.63, 3.8) is 0 Å². The molecule has 4 aromatic rings. The minimum Gasteiger partial charge on any atom is -0.493 e. The van der Waals surface area contributed by atoms with Crippen LogP contribution in [0.1, 0.15) is 29.7 Å². The summed E-state index contributed by atoms with van der Waals surface area (Å²) in [5.74, 6) is 1.15. The second-order valence-corrected chi connectivity index (χ2v) is 9.62. The first-order chi connectivity index (χ1) is 18.3. The first kappa shape index (κ1) is 25.6. The maximum absolute atomic E-state index is 13.6. The summed E-state index contributed by atoms with van der Waals surface area (Å²) in [6, 6.07) is 17.7. The Hall–Kier alpha value is -4.08. The number of tetrazole rings is 1. The molecule has 0 saturated heterocycles. The SMILES string of the molecule is COc1cc(C2C(C(=O)Nc3cccc(C)c3)=C(C)Nc3nnnn32)ccc1OCc1ccc(Cl)cc1Cl. The summed E-state index contributed by atoms with van der Waals surface area (Å²) in [5.41, 5.74) is 4.36. The van der Waals surface area contributed by atoms with Crippen molar-refractivity contribution in [3.8, 4) is 11.5 Å². The summed E-state index contributed by atoms with van der Waals surface area (Å²) >= 11 is 12.3. The number of aromatic nitrogens is 4. The minimum atomic E-state index is -0.611. The van der Waals surface area contributed by atoms with Gasteiger partial charge in [0, 0.05) is 27.0 Å². The van der Waals surface area contributed by atoms with Crippen LogP contribution < -0.4 is 20.1 Å². The van der Waals surface area contributed by atoms with Gasteiger partial charge in [0.05, 0.1) is 12.7 Å². The van der Waals surface area contributed by atoms with Crippen LogP contribution in [0.3, 0.4) is 0 Å². The lowest BCUT2D eigenvalue weighted by atomic mass is 9.94. The molecule has 1 aromatic heterocycles. The molecule has 1 aliphatic heterocycles. The molecule has 0 aliphatic carbocycles. The number of rotatable bonds is 7. The molecule has 0 fully saturated rings. The second-order valence-electron chi connectivity index (χ2n) is 8.77. The van der Waals surface area contributed by atoms with E-state index in [0.29, 0.717) is 44.5 Å². The van der Waals surface area contributed by atoms with E-state index in [-0.39, 0.29) is 12.5 Å². The Balaban J connectivity index is 1.47. The number of benzene rings is 3. The molecule has 11 heteroatoms. The first-order valence-electron chi connectivity index (χ1n) is 11.7. The number of anilines is 2. The molecule has 0 spiro atoms. The van der Waals surface area contributed by atoms with Crippen molar-refractivity contribution in [1.29, 1.82) is 0 Å². The summed E-state index contributed by atoms with van der Waals surface area (Å²) in [5, 5.41) is 19.2. The van der Waals surface area contributed by atoms with Crippen LogP contribution in [0.5, 0.6) is 11.5 Å². The van der Waals surface area contributed by atoms with Gasteiger partial charge in [0.25, 0.3) is 5.91 Å². The maximum Gasteiger partial charge on any atom is 0.255 e. The number of amides is 1. The van der Waals surface area contributed by atoms with Crippen molar-refractivity contribution in [2.45, 2.75) is 26.5 Å². The van der Waals surface area contributed by atoms with Crippen LogP contribution in [0.25, 0.3) is 0 Å². The quantitative estimate of drug-likeness (QED) is 0.299. The molecule has 0 saturated carbocycles. The summed E-state index contributed by atoms with van der Waals surface area (Å²) in [6.07, 6.45) is 0. The molecule has 2 heterocycles. The summed E-state index contributed by atoms with van der Waals surface area (Å²) in [6.45, 7) is 4.01. The Morgan fingerprint density at radius 1 is 1.08 bits per heavy atom. The molecule has 194 valence electrons. The predicted octanol–water partition coefficient (Wildman–Crippen LogP) is 5.80. The van der Waals surface area contributed by atoms with Gasteiger partial charge >= 0.3 is 0 Å². The van der Waals surface area contributed by atoms with Crippen LogP contribution in [0.4, 0.5) is 11.6 Å². The monoisotopic (exact) mass is 550 g/mol. The van der Waals surface area contributed by atoms with Gasteiger partial charge in [-0.3, -0.25) is 4.79 Å². The number of fused-ring (bicyclic) bond motifs is 1. The van der Waals surface area contributed by atoms with E-state index in [4.69, 9.17) is 32.7 Å². The number of hydrogen-bond donors (Lipinski definition) is 2. The number of hydrogen-bond acceptors (Lipinski definition) is 7. The molecule has 1 aliphatic rings. The van der Waals surface area contributed by atoms with Crippen LogP contribution in [0.2, 0.25) is 10.0 Å². The summed E-state index contributed by atoms with van der Waals surface area (Å²) in [7, 11) is 1.55.